The monoisotopic (exact) mass is 199 g/mol. The Morgan fingerprint density at radius 2 is 2.23 bits per heavy atom. The van der Waals surface area contributed by atoms with E-state index in [4.69, 9.17) is 17.3 Å². The van der Waals surface area contributed by atoms with Crippen LogP contribution in [-0.4, -0.2) is 5.11 Å². The van der Waals surface area contributed by atoms with E-state index in [-0.39, 0.29) is 11.8 Å². The van der Waals surface area contributed by atoms with Crippen molar-refractivity contribution in [2.75, 3.05) is 0 Å². The summed E-state index contributed by atoms with van der Waals surface area (Å²) in [7, 11) is 0. The molecule has 1 unspecified atom stereocenters. The first kappa shape index (κ1) is 10.4. The molecule has 0 heterocycles. The first-order valence-corrected chi connectivity index (χ1v) is 4.77. The van der Waals surface area contributed by atoms with Gasteiger partial charge >= 0.3 is 0 Å². The van der Waals surface area contributed by atoms with E-state index < -0.39 is 0 Å². The SMILES string of the molecule is CCCC(N)c1cc(Cl)ccc1O. The highest BCUT2D eigenvalue weighted by Gasteiger charge is 2.09. The van der Waals surface area contributed by atoms with Gasteiger partial charge in [0.05, 0.1) is 0 Å². The molecule has 1 atom stereocenters. The fraction of sp³-hybridized carbons (Fsp3) is 0.400. The van der Waals surface area contributed by atoms with Crippen molar-refractivity contribution >= 4 is 11.6 Å². The van der Waals surface area contributed by atoms with Crippen molar-refractivity contribution < 1.29 is 5.11 Å². The van der Waals surface area contributed by atoms with Crippen LogP contribution < -0.4 is 5.73 Å². The lowest BCUT2D eigenvalue weighted by molar-refractivity contribution is 0.458. The van der Waals surface area contributed by atoms with Gasteiger partial charge < -0.3 is 10.8 Å². The van der Waals surface area contributed by atoms with E-state index in [0.29, 0.717) is 5.02 Å². The normalized spacial score (nSPS) is 12.8. The van der Waals surface area contributed by atoms with Crippen LogP contribution in [0.25, 0.3) is 0 Å². The minimum atomic E-state index is -0.122. The lowest BCUT2D eigenvalue weighted by Crippen LogP contribution is -2.09. The predicted octanol–water partition coefficient (Wildman–Crippen LogP) is 2.85. The Labute approximate surface area is 83.3 Å². The maximum absolute atomic E-state index is 9.49. The molecule has 1 aromatic carbocycles. The Kier molecular flexibility index (Phi) is 3.58. The summed E-state index contributed by atoms with van der Waals surface area (Å²) in [4.78, 5) is 0. The standard InChI is InChI=1S/C10H14ClNO/c1-2-3-9(12)8-6-7(11)4-5-10(8)13/h4-6,9,13H,2-3,12H2,1H3. The molecule has 0 bridgehead atoms. The van der Waals surface area contributed by atoms with E-state index in [1.54, 1.807) is 18.2 Å². The van der Waals surface area contributed by atoms with Crippen LogP contribution in [0, 0.1) is 0 Å². The Bertz CT molecular complexity index is 288. The number of halogens is 1. The molecule has 0 aromatic heterocycles. The lowest BCUT2D eigenvalue weighted by atomic mass is 10.0. The molecule has 2 nitrogen and oxygen atoms in total. The average molecular weight is 200 g/mol. The molecule has 72 valence electrons. The first-order valence-electron chi connectivity index (χ1n) is 4.39. The molecule has 1 aromatic rings. The highest BCUT2D eigenvalue weighted by molar-refractivity contribution is 6.30. The van der Waals surface area contributed by atoms with Gasteiger partial charge in [0.1, 0.15) is 5.75 Å². The maximum Gasteiger partial charge on any atom is 0.120 e. The molecule has 0 saturated heterocycles. The molecule has 3 heteroatoms. The van der Waals surface area contributed by atoms with Crippen LogP contribution >= 0.6 is 11.6 Å². The van der Waals surface area contributed by atoms with Gasteiger partial charge in [-0.3, -0.25) is 0 Å². The van der Waals surface area contributed by atoms with Gasteiger partial charge in [-0.25, -0.2) is 0 Å². The zero-order chi connectivity index (χ0) is 9.84. The topological polar surface area (TPSA) is 46.2 Å². The average Bonchev–Trinajstić information content (AvgIpc) is 2.09. The molecular formula is C10H14ClNO. The number of phenols is 1. The van der Waals surface area contributed by atoms with Crippen LogP contribution in [0.3, 0.4) is 0 Å². The zero-order valence-electron chi connectivity index (χ0n) is 7.63. The van der Waals surface area contributed by atoms with E-state index in [9.17, 15) is 5.11 Å². The van der Waals surface area contributed by atoms with E-state index in [1.807, 2.05) is 0 Å². The van der Waals surface area contributed by atoms with Crippen LogP contribution in [0.15, 0.2) is 18.2 Å². The summed E-state index contributed by atoms with van der Waals surface area (Å²) in [6, 6.07) is 4.83. The van der Waals surface area contributed by atoms with E-state index in [1.165, 1.54) is 0 Å². The van der Waals surface area contributed by atoms with Crippen molar-refractivity contribution in [3.63, 3.8) is 0 Å². The van der Waals surface area contributed by atoms with E-state index in [2.05, 4.69) is 6.92 Å². The number of phenolic OH excluding ortho intramolecular Hbond substituents is 1. The summed E-state index contributed by atoms with van der Waals surface area (Å²) in [5.41, 5.74) is 6.59. The first-order chi connectivity index (χ1) is 6.15. The summed E-state index contributed by atoms with van der Waals surface area (Å²) >= 11 is 5.79. The largest absolute Gasteiger partial charge is 0.508 e. The molecule has 0 fully saturated rings. The zero-order valence-corrected chi connectivity index (χ0v) is 8.38. The van der Waals surface area contributed by atoms with Crippen molar-refractivity contribution in [2.45, 2.75) is 25.8 Å². The highest BCUT2D eigenvalue weighted by atomic mass is 35.5. The van der Waals surface area contributed by atoms with Gasteiger partial charge in [0.25, 0.3) is 0 Å². The van der Waals surface area contributed by atoms with Crippen LogP contribution in [0.4, 0.5) is 0 Å². The second-order valence-electron chi connectivity index (χ2n) is 3.10. The Morgan fingerprint density at radius 1 is 1.54 bits per heavy atom. The van der Waals surface area contributed by atoms with Gasteiger partial charge in [0.15, 0.2) is 0 Å². The molecule has 0 aliphatic carbocycles. The minimum absolute atomic E-state index is 0.122. The number of nitrogens with two attached hydrogens (primary N) is 1. The summed E-state index contributed by atoms with van der Waals surface area (Å²) in [5, 5.41) is 10.1. The molecule has 1 rings (SSSR count). The molecule has 13 heavy (non-hydrogen) atoms. The van der Waals surface area contributed by atoms with E-state index in [0.717, 1.165) is 18.4 Å². The third-order valence-electron chi connectivity index (χ3n) is 1.99. The highest BCUT2D eigenvalue weighted by Crippen LogP contribution is 2.28. The third-order valence-corrected chi connectivity index (χ3v) is 2.22. The Balaban J connectivity index is 2.91. The molecule has 0 aliphatic heterocycles. The quantitative estimate of drug-likeness (QED) is 0.787. The smallest absolute Gasteiger partial charge is 0.120 e. The summed E-state index contributed by atoms with van der Waals surface area (Å²) in [5.74, 6) is 0.227. The van der Waals surface area contributed by atoms with Crippen molar-refractivity contribution in [2.24, 2.45) is 5.73 Å². The molecule has 0 aliphatic rings. The van der Waals surface area contributed by atoms with Gasteiger partial charge in [-0.05, 0) is 24.6 Å². The second-order valence-corrected chi connectivity index (χ2v) is 3.53. The van der Waals surface area contributed by atoms with Gasteiger partial charge in [-0.1, -0.05) is 24.9 Å². The molecule has 0 radical (unpaired) electrons. The van der Waals surface area contributed by atoms with Gasteiger partial charge in [0, 0.05) is 16.6 Å². The lowest BCUT2D eigenvalue weighted by Gasteiger charge is -2.12. The predicted molar refractivity (Wildman–Crippen MR) is 55.0 cm³/mol. The number of benzene rings is 1. The van der Waals surface area contributed by atoms with E-state index >= 15 is 0 Å². The fourth-order valence-electron chi connectivity index (χ4n) is 1.29. The molecule has 3 N–H and O–H groups in total. The molecule has 0 saturated carbocycles. The third kappa shape index (κ3) is 2.61. The van der Waals surface area contributed by atoms with Crippen LogP contribution in [0.2, 0.25) is 5.02 Å². The van der Waals surface area contributed by atoms with Crippen molar-refractivity contribution in [3.05, 3.63) is 28.8 Å². The Morgan fingerprint density at radius 3 is 2.85 bits per heavy atom. The van der Waals surface area contributed by atoms with Gasteiger partial charge in [-0.2, -0.15) is 0 Å². The number of hydrogen-bond acceptors (Lipinski definition) is 2. The number of aromatic hydroxyl groups is 1. The Hall–Kier alpha value is -0.730. The second kappa shape index (κ2) is 4.49. The number of hydrogen-bond donors (Lipinski definition) is 2. The molecule has 0 amide bonds. The molecular weight excluding hydrogens is 186 g/mol. The van der Waals surface area contributed by atoms with Crippen molar-refractivity contribution in [1.29, 1.82) is 0 Å². The fourth-order valence-corrected chi connectivity index (χ4v) is 1.47. The van der Waals surface area contributed by atoms with Crippen molar-refractivity contribution in [1.82, 2.24) is 0 Å². The summed E-state index contributed by atoms with van der Waals surface area (Å²) in [6.45, 7) is 2.06. The van der Waals surface area contributed by atoms with Crippen LogP contribution in [0.1, 0.15) is 31.4 Å². The van der Waals surface area contributed by atoms with Gasteiger partial charge in [-0.15, -0.1) is 0 Å². The maximum atomic E-state index is 9.49. The van der Waals surface area contributed by atoms with Gasteiger partial charge in [0.2, 0.25) is 0 Å². The van der Waals surface area contributed by atoms with Crippen LogP contribution in [-0.2, 0) is 0 Å². The van der Waals surface area contributed by atoms with Crippen LogP contribution in [0.5, 0.6) is 5.75 Å². The number of rotatable bonds is 3. The summed E-state index contributed by atoms with van der Waals surface area (Å²) < 4.78 is 0. The summed E-state index contributed by atoms with van der Waals surface area (Å²) in [6.07, 6.45) is 1.85. The minimum Gasteiger partial charge on any atom is -0.508 e. The van der Waals surface area contributed by atoms with Crippen molar-refractivity contribution in [3.8, 4) is 5.75 Å². The molecule has 0 spiro atoms.